The molecular formula is C13H19N3O4. The predicted molar refractivity (Wildman–Crippen MR) is 73.9 cm³/mol. The number of ether oxygens (including phenoxy) is 1. The Morgan fingerprint density at radius 3 is 2.75 bits per heavy atom. The van der Waals surface area contributed by atoms with Gasteiger partial charge in [0.1, 0.15) is 0 Å². The number of aliphatic hydroxyl groups is 1. The summed E-state index contributed by atoms with van der Waals surface area (Å²) in [6.07, 6.45) is 0. The Morgan fingerprint density at radius 2 is 2.20 bits per heavy atom. The van der Waals surface area contributed by atoms with Gasteiger partial charge >= 0.3 is 5.69 Å². The van der Waals surface area contributed by atoms with Gasteiger partial charge in [-0.1, -0.05) is 6.07 Å². The summed E-state index contributed by atoms with van der Waals surface area (Å²) in [5.41, 5.74) is 0.667. The van der Waals surface area contributed by atoms with E-state index in [0.29, 0.717) is 0 Å². The minimum Gasteiger partial charge on any atom is -0.490 e. The minimum atomic E-state index is -0.464. The highest BCUT2D eigenvalue weighted by molar-refractivity contribution is 5.49. The number of hydrogen-bond donors (Lipinski definition) is 2. The predicted octanol–water partition coefficient (Wildman–Crippen LogP) is 0.542. The lowest BCUT2D eigenvalue weighted by atomic mass is 10.0. The van der Waals surface area contributed by atoms with E-state index in [4.69, 9.17) is 4.74 Å². The molecule has 1 aliphatic rings. The number of hydrogen-bond acceptors (Lipinski definition) is 6. The largest absolute Gasteiger partial charge is 0.490 e. The number of methoxy groups -OCH3 is 1. The number of nitrogens with zero attached hydrogens (tertiary/aromatic N) is 2. The maximum absolute atomic E-state index is 11.1. The van der Waals surface area contributed by atoms with Crippen LogP contribution in [0.1, 0.15) is 11.6 Å². The smallest absolute Gasteiger partial charge is 0.311 e. The third kappa shape index (κ3) is 3.06. The summed E-state index contributed by atoms with van der Waals surface area (Å²) in [4.78, 5) is 12.7. The first kappa shape index (κ1) is 14.7. The van der Waals surface area contributed by atoms with E-state index in [0.717, 1.165) is 31.7 Å². The van der Waals surface area contributed by atoms with Crippen LogP contribution in [0.3, 0.4) is 0 Å². The van der Waals surface area contributed by atoms with Crippen LogP contribution in [0.2, 0.25) is 0 Å². The fraction of sp³-hybridized carbons (Fsp3) is 0.538. The van der Waals surface area contributed by atoms with E-state index in [1.165, 1.54) is 13.2 Å². The molecule has 1 aromatic carbocycles. The first-order valence-corrected chi connectivity index (χ1v) is 6.55. The Morgan fingerprint density at radius 1 is 1.50 bits per heavy atom. The number of piperazine rings is 1. The lowest BCUT2D eigenvalue weighted by Gasteiger charge is -2.34. The van der Waals surface area contributed by atoms with Crippen molar-refractivity contribution in [2.45, 2.75) is 6.04 Å². The second kappa shape index (κ2) is 6.65. The molecule has 110 valence electrons. The minimum absolute atomic E-state index is 0.0660. The summed E-state index contributed by atoms with van der Waals surface area (Å²) in [5.74, 6) is 0.232. The maximum atomic E-state index is 11.1. The zero-order valence-corrected chi connectivity index (χ0v) is 11.4. The van der Waals surface area contributed by atoms with Gasteiger partial charge in [0.2, 0.25) is 0 Å². The van der Waals surface area contributed by atoms with E-state index in [-0.39, 0.29) is 24.1 Å². The molecule has 0 radical (unpaired) electrons. The third-order valence-corrected chi connectivity index (χ3v) is 3.55. The molecule has 1 heterocycles. The van der Waals surface area contributed by atoms with E-state index in [9.17, 15) is 15.2 Å². The Balaban J connectivity index is 2.29. The van der Waals surface area contributed by atoms with Crippen LogP contribution in [0.25, 0.3) is 0 Å². The molecule has 0 unspecified atom stereocenters. The molecule has 0 aliphatic carbocycles. The van der Waals surface area contributed by atoms with E-state index < -0.39 is 4.92 Å². The van der Waals surface area contributed by atoms with Gasteiger partial charge in [-0.15, -0.1) is 0 Å². The van der Waals surface area contributed by atoms with Crippen molar-refractivity contribution in [1.29, 1.82) is 0 Å². The van der Waals surface area contributed by atoms with Crippen LogP contribution in [0.4, 0.5) is 5.69 Å². The van der Waals surface area contributed by atoms with Crippen molar-refractivity contribution in [2.75, 3.05) is 39.9 Å². The summed E-state index contributed by atoms with van der Waals surface area (Å²) in [6, 6.07) is 4.62. The Kier molecular flexibility index (Phi) is 4.89. The van der Waals surface area contributed by atoms with Crippen molar-refractivity contribution in [3.05, 3.63) is 33.9 Å². The molecule has 0 bridgehead atoms. The molecule has 7 heteroatoms. The number of nitro benzene ring substituents is 1. The average Bonchev–Trinajstić information content (AvgIpc) is 2.49. The average molecular weight is 281 g/mol. The van der Waals surface area contributed by atoms with Crippen molar-refractivity contribution in [1.82, 2.24) is 10.2 Å². The molecule has 20 heavy (non-hydrogen) atoms. The molecule has 0 amide bonds. The molecule has 1 saturated heterocycles. The molecule has 0 aromatic heterocycles. The zero-order chi connectivity index (χ0) is 14.5. The quantitative estimate of drug-likeness (QED) is 0.605. The third-order valence-electron chi connectivity index (χ3n) is 3.55. The molecular weight excluding hydrogens is 262 g/mol. The van der Waals surface area contributed by atoms with Crippen LogP contribution in [0, 0.1) is 10.1 Å². The lowest BCUT2D eigenvalue weighted by molar-refractivity contribution is -0.385. The van der Waals surface area contributed by atoms with Crippen molar-refractivity contribution in [3.8, 4) is 5.75 Å². The maximum Gasteiger partial charge on any atom is 0.311 e. The Bertz CT molecular complexity index is 475. The summed E-state index contributed by atoms with van der Waals surface area (Å²) >= 11 is 0. The van der Waals surface area contributed by atoms with Crippen LogP contribution < -0.4 is 10.1 Å². The monoisotopic (exact) mass is 281 g/mol. The van der Waals surface area contributed by atoms with Gasteiger partial charge in [-0.2, -0.15) is 0 Å². The van der Waals surface area contributed by atoms with Gasteiger partial charge in [-0.25, -0.2) is 0 Å². The van der Waals surface area contributed by atoms with Crippen molar-refractivity contribution < 1.29 is 14.8 Å². The summed E-state index contributed by atoms with van der Waals surface area (Å²) < 4.78 is 4.99. The van der Waals surface area contributed by atoms with Gasteiger partial charge in [0.05, 0.1) is 24.7 Å². The molecule has 1 fully saturated rings. The molecule has 1 atom stereocenters. The standard InChI is InChI=1S/C13H19N3O4/c1-20-13-3-2-10(8-11(13)16(18)19)12(9-17)15-6-4-14-5-7-15/h2-3,8,12,14,17H,4-7,9H2,1H3/t12-/m1/s1. The molecule has 2 rings (SSSR count). The second-order valence-corrected chi connectivity index (χ2v) is 4.67. The van der Waals surface area contributed by atoms with Crippen LogP contribution in [0.5, 0.6) is 5.75 Å². The normalized spacial score (nSPS) is 17.7. The Labute approximate surface area is 117 Å². The van der Waals surface area contributed by atoms with Gasteiger partial charge in [0, 0.05) is 32.2 Å². The summed E-state index contributed by atoms with van der Waals surface area (Å²) in [5, 5.41) is 23.9. The second-order valence-electron chi connectivity index (χ2n) is 4.67. The van der Waals surface area contributed by atoms with Gasteiger partial charge in [0.25, 0.3) is 0 Å². The molecule has 0 spiro atoms. The van der Waals surface area contributed by atoms with Crippen molar-refractivity contribution in [2.24, 2.45) is 0 Å². The fourth-order valence-corrected chi connectivity index (χ4v) is 2.48. The highest BCUT2D eigenvalue weighted by Gasteiger charge is 2.24. The summed E-state index contributed by atoms with van der Waals surface area (Å²) in [7, 11) is 1.40. The van der Waals surface area contributed by atoms with Crippen LogP contribution in [-0.2, 0) is 0 Å². The number of nitrogens with one attached hydrogen (secondary N) is 1. The van der Waals surface area contributed by atoms with E-state index in [2.05, 4.69) is 10.2 Å². The van der Waals surface area contributed by atoms with Crippen LogP contribution in [0.15, 0.2) is 18.2 Å². The van der Waals surface area contributed by atoms with E-state index >= 15 is 0 Å². The van der Waals surface area contributed by atoms with Crippen LogP contribution >= 0.6 is 0 Å². The highest BCUT2D eigenvalue weighted by Crippen LogP contribution is 2.31. The van der Waals surface area contributed by atoms with Gasteiger partial charge in [0.15, 0.2) is 5.75 Å². The first-order chi connectivity index (χ1) is 9.67. The van der Waals surface area contributed by atoms with Gasteiger partial charge in [-0.05, 0) is 11.6 Å². The lowest BCUT2D eigenvalue weighted by Crippen LogP contribution is -2.46. The molecule has 1 aliphatic heterocycles. The first-order valence-electron chi connectivity index (χ1n) is 6.55. The molecule has 0 saturated carbocycles. The molecule has 1 aromatic rings. The number of rotatable bonds is 5. The Hall–Kier alpha value is -1.70. The molecule has 7 nitrogen and oxygen atoms in total. The highest BCUT2D eigenvalue weighted by atomic mass is 16.6. The van der Waals surface area contributed by atoms with Crippen LogP contribution in [-0.4, -0.2) is 54.8 Å². The van der Waals surface area contributed by atoms with Crippen molar-refractivity contribution in [3.63, 3.8) is 0 Å². The van der Waals surface area contributed by atoms with Gasteiger partial charge in [-0.3, -0.25) is 15.0 Å². The topological polar surface area (TPSA) is 87.9 Å². The zero-order valence-electron chi connectivity index (χ0n) is 11.4. The molecule has 2 N–H and O–H groups in total. The summed E-state index contributed by atoms with van der Waals surface area (Å²) in [6.45, 7) is 3.27. The van der Waals surface area contributed by atoms with E-state index in [1.807, 2.05) is 0 Å². The van der Waals surface area contributed by atoms with E-state index in [1.54, 1.807) is 12.1 Å². The fourth-order valence-electron chi connectivity index (χ4n) is 2.48. The number of nitro groups is 1. The van der Waals surface area contributed by atoms with Gasteiger partial charge < -0.3 is 15.2 Å². The SMILES string of the molecule is COc1ccc([C@@H](CO)N2CCNCC2)cc1[N+](=O)[O-]. The number of aliphatic hydroxyl groups excluding tert-OH is 1. The number of benzene rings is 1. The van der Waals surface area contributed by atoms with Crippen molar-refractivity contribution >= 4 is 5.69 Å².